The quantitative estimate of drug-likeness (QED) is 0.744. The molecule has 0 aliphatic heterocycles. The Hall–Kier alpha value is -1.88. The van der Waals surface area contributed by atoms with Crippen LogP contribution in [0.1, 0.15) is 29.5 Å². The first-order valence-corrected chi connectivity index (χ1v) is 7.32. The fourth-order valence-electron chi connectivity index (χ4n) is 2.46. The Labute approximate surface area is 114 Å². The van der Waals surface area contributed by atoms with E-state index in [2.05, 4.69) is 15.6 Å². The van der Waals surface area contributed by atoms with E-state index in [1.807, 2.05) is 23.8 Å². The lowest BCUT2D eigenvalue weighted by Crippen LogP contribution is -2.03. The molecule has 19 heavy (non-hydrogen) atoms. The molecule has 5 heteroatoms. The van der Waals surface area contributed by atoms with E-state index in [1.165, 1.54) is 29.1 Å². The third-order valence-corrected chi connectivity index (χ3v) is 4.31. The minimum Gasteiger partial charge on any atom is -0.399 e. The molecule has 2 N–H and O–H groups in total. The molecule has 2 heterocycles. The summed E-state index contributed by atoms with van der Waals surface area (Å²) in [5.41, 5.74) is 10.7. The van der Waals surface area contributed by atoms with Crippen molar-refractivity contribution in [3.63, 3.8) is 0 Å². The molecule has 1 aliphatic rings. The molecule has 0 saturated heterocycles. The van der Waals surface area contributed by atoms with Gasteiger partial charge in [0.15, 0.2) is 0 Å². The highest BCUT2D eigenvalue weighted by Crippen LogP contribution is 2.41. The maximum absolute atomic E-state index is 5.85. The van der Waals surface area contributed by atoms with Gasteiger partial charge in [-0.1, -0.05) is 0 Å². The van der Waals surface area contributed by atoms with E-state index < -0.39 is 0 Å². The number of aromatic nitrogens is 3. The molecule has 0 atom stereocenters. The van der Waals surface area contributed by atoms with Crippen LogP contribution >= 0.6 is 11.3 Å². The number of hydrogen-bond donors (Lipinski definition) is 1. The second-order valence-corrected chi connectivity index (χ2v) is 6.02. The van der Waals surface area contributed by atoms with Crippen LogP contribution in [0.5, 0.6) is 0 Å². The number of imidazole rings is 1. The summed E-state index contributed by atoms with van der Waals surface area (Å²) in [6.45, 7) is 0.858. The predicted octanol–water partition coefficient (Wildman–Crippen LogP) is 3.00. The summed E-state index contributed by atoms with van der Waals surface area (Å²) < 4.78 is 2.32. The monoisotopic (exact) mass is 270 g/mol. The Morgan fingerprint density at radius 1 is 1.37 bits per heavy atom. The average Bonchev–Trinajstić information content (AvgIpc) is 3.00. The molecule has 0 radical (unpaired) electrons. The zero-order chi connectivity index (χ0) is 12.8. The molecule has 4 nitrogen and oxygen atoms in total. The lowest BCUT2D eigenvalue weighted by molar-refractivity contribution is 0.754. The Morgan fingerprint density at radius 3 is 3.00 bits per heavy atom. The van der Waals surface area contributed by atoms with Crippen LogP contribution in [0.3, 0.4) is 0 Å². The predicted molar refractivity (Wildman–Crippen MR) is 77.3 cm³/mol. The highest BCUT2D eigenvalue weighted by molar-refractivity contribution is 7.09. The van der Waals surface area contributed by atoms with Crippen molar-refractivity contribution in [1.82, 2.24) is 14.5 Å². The normalized spacial score (nSPS) is 15.2. The van der Waals surface area contributed by atoms with Gasteiger partial charge in [0.05, 0.1) is 23.1 Å². The molecule has 3 aromatic rings. The van der Waals surface area contributed by atoms with Crippen LogP contribution in [0.4, 0.5) is 5.69 Å². The summed E-state index contributed by atoms with van der Waals surface area (Å²) in [7, 11) is 0. The molecule has 2 aromatic heterocycles. The number of nitrogens with zero attached hydrogens (tertiary/aromatic N) is 3. The highest BCUT2D eigenvalue weighted by atomic mass is 32.1. The summed E-state index contributed by atoms with van der Waals surface area (Å²) in [6, 6.07) is 5.98. The van der Waals surface area contributed by atoms with E-state index in [1.54, 1.807) is 11.3 Å². The van der Waals surface area contributed by atoms with Crippen molar-refractivity contribution in [2.24, 2.45) is 0 Å². The summed E-state index contributed by atoms with van der Waals surface area (Å²) in [4.78, 5) is 10.2. The number of nitrogens with two attached hydrogens (primary N) is 1. The molecule has 1 fully saturated rings. The first kappa shape index (κ1) is 11.0. The molecule has 1 saturated carbocycles. The number of hydrogen-bond acceptors (Lipinski definition) is 4. The van der Waals surface area contributed by atoms with Gasteiger partial charge in [-0.3, -0.25) is 4.98 Å². The van der Waals surface area contributed by atoms with Crippen molar-refractivity contribution in [2.45, 2.75) is 25.3 Å². The SMILES string of the molecule is Nc1ccc2c(c1)nc(C1CC1)n2Cc1cncs1. The minimum absolute atomic E-state index is 0.626. The van der Waals surface area contributed by atoms with Crippen LogP contribution in [0, 0.1) is 0 Å². The van der Waals surface area contributed by atoms with Crippen molar-refractivity contribution in [1.29, 1.82) is 0 Å². The Kier molecular flexibility index (Phi) is 2.35. The summed E-state index contributed by atoms with van der Waals surface area (Å²) in [5, 5.41) is 0. The van der Waals surface area contributed by atoms with Crippen LogP contribution in [-0.4, -0.2) is 14.5 Å². The molecule has 0 unspecified atom stereocenters. The van der Waals surface area contributed by atoms with Gasteiger partial charge in [-0.2, -0.15) is 0 Å². The van der Waals surface area contributed by atoms with Crippen LogP contribution in [0.2, 0.25) is 0 Å². The van der Waals surface area contributed by atoms with Crippen molar-refractivity contribution in [3.8, 4) is 0 Å². The molecular weight excluding hydrogens is 256 g/mol. The van der Waals surface area contributed by atoms with Gasteiger partial charge in [0.25, 0.3) is 0 Å². The third kappa shape index (κ3) is 1.90. The minimum atomic E-state index is 0.626. The standard InChI is InChI=1S/C14H14N4S/c15-10-3-4-13-12(5-10)17-14(9-1-2-9)18(13)7-11-6-16-8-19-11/h3-6,8-9H,1-2,7,15H2. The maximum Gasteiger partial charge on any atom is 0.113 e. The largest absolute Gasteiger partial charge is 0.399 e. The van der Waals surface area contributed by atoms with Crippen LogP contribution < -0.4 is 5.73 Å². The first-order valence-electron chi connectivity index (χ1n) is 6.44. The Bertz CT molecular complexity index is 725. The van der Waals surface area contributed by atoms with E-state index in [9.17, 15) is 0 Å². The van der Waals surface area contributed by atoms with Crippen molar-refractivity contribution in [2.75, 3.05) is 5.73 Å². The molecule has 0 spiro atoms. The second kappa shape index (κ2) is 4.06. The number of nitrogen functional groups attached to an aromatic ring is 1. The smallest absolute Gasteiger partial charge is 0.113 e. The van der Waals surface area contributed by atoms with E-state index >= 15 is 0 Å². The topological polar surface area (TPSA) is 56.7 Å². The fraction of sp³-hybridized carbons (Fsp3) is 0.286. The summed E-state index contributed by atoms with van der Waals surface area (Å²) in [6.07, 6.45) is 4.44. The van der Waals surface area contributed by atoms with E-state index in [0.29, 0.717) is 5.92 Å². The van der Waals surface area contributed by atoms with Gasteiger partial charge in [0.1, 0.15) is 5.82 Å². The van der Waals surface area contributed by atoms with Crippen LogP contribution in [0.15, 0.2) is 29.9 Å². The van der Waals surface area contributed by atoms with Crippen LogP contribution in [0.25, 0.3) is 11.0 Å². The highest BCUT2D eigenvalue weighted by Gasteiger charge is 2.29. The lowest BCUT2D eigenvalue weighted by Gasteiger charge is -2.06. The van der Waals surface area contributed by atoms with Gasteiger partial charge >= 0.3 is 0 Å². The molecule has 1 aromatic carbocycles. The number of thiazole rings is 1. The number of rotatable bonds is 3. The first-order chi connectivity index (χ1) is 9.31. The second-order valence-electron chi connectivity index (χ2n) is 5.05. The van der Waals surface area contributed by atoms with Crippen molar-refractivity contribution < 1.29 is 0 Å². The van der Waals surface area contributed by atoms with E-state index in [-0.39, 0.29) is 0 Å². The van der Waals surface area contributed by atoms with Gasteiger partial charge in [-0.15, -0.1) is 11.3 Å². The van der Waals surface area contributed by atoms with Gasteiger partial charge in [-0.05, 0) is 31.0 Å². The Balaban J connectivity index is 1.87. The lowest BCUT2D eigenvalue weighted by atomic mass is 10.3. The summed E-state index contributed by atoms with van der Waals surface area (Å²) in [5.74, 6) is 1.83. The average molecular weight is 270 g/mol. The fourth-order valence-corrected chi connectivity index (χ4v) is 3.04. The Morgan fingerprint density at radius 2 is 2.26 bits per heavy atom. The molecule has 4 rings (SSSR count). The summed E-state index contributed by atoms with van der Waals surface area (Å²) >= 11 is 1.69. The van der Waals surface area contributed by atoms with Crippen molar-refractivity contribution in [3.05, 3.63) is 40.6 Å². The van der Waals surface area contributed by atoms with E-state index in [0.717, 1.165) is 17.7 Å². The molecule has 96 valence electrons. The zero-order valence-corrected chi connectivity index (χ0v) is 11.2. The van der Waals surface area contributed by atoms with Gasteiger partial charge < -0.3 is 10.3 Å². The van der Waals surface area contributed by atoms with Gasteiger partial charge in [-0.25, -0.2) is 4.98 Å². The number of fused-ring (bicyclic) bond motifs is 1. The van der Waals surface area contributed by atoms with Gasteiger partial charge in [0, 0.05) is 22.7 Å². The molecule has 0 amide bonds. The number of benzene rings is 1. The third-order valence-electron chi connectivity index (χ3n) is 3.54. The molecule has 0 bridgehead atoms. The molecule has 1 aliphatic carbocycles. The molecular formula is C14H14N4S. The van der Waals surface area contributed by atoms with E-state index in [4.69, 9.17) is 10.7 Å². The number of anilines is 1. The van der Waals surface area contributed by atoms with Crippen LogP contribution in [-0.2, 0) is 6.54 Å². The van der Waals surface area contributed by atoms with Crippen molar-refractivity contribution >= 4 is 28.1 Å². The maximum atomic E-state index is 5.85. The zero-order valence-electron chi connectivity index (χ0n) is 10.4. The van der Waals surface area contributed by atoms with Gasteiger partial charge in [0.2, 0.25) is 0 Å².